The number of hydrogen-bond donors (Lipinski definition) is 0. The number of carbonyl (C=O) groups excluding carboxylic acids is 1. The molecule has 0 aliphatic rings. The van der Waals surface area contributed by atoms with Crippen LogP contribution in [0.3, 0.4) is 0 Å². The molecule has 0 saturated heterocycles. The molecule has 1 nitrogen and oxygen atoms in total. The molecular weight excluding hydrogens is 208 g/mol. The highest BCUT2D eigenvalue weighted by Gasteiger charge is 2.16. The van der Waals surface area contributed by atoms with Crippen molar-refractivity contribution in [3.8, 4) is 0 Å². The maximum absolute atomic E-state index is 12.2. The summed E-state index contributed by atoms with van der Waals surface area (Å²) in [5, 5.41) is 0. The lowest BCUT2D eigenvalue weighted by Gasteiger charge is -2.12. The van der Waals surface area contributed by atoms with Gasteiger partial charge in [-0.15, -0.1) is 0 Å². The van der Waals surface area contributed by atoms with Gasteiger partial charge in [-0.25, -0.2) is 0 Å². The average Bonchev–Trinajstić information content (AvgIpc) is 2.30. The Morgan fingerprint density at radius 1 is 1.18 bits per heavy atom. The van der Waals surface area contributed by atoms with Crippen LogP contribution in [0.25, 0.3) is 0 Å². The van der Waals surface area contributed by atoms with Gasteiger partial charge in [0.15, 0.2) is 5.78 Å². The van der Waals surface area contributed by atoms with Crippen molar-refractivity contribution in [3.63, 3.8) is 0 Å². The molecule has 0 bridgehead atoms. The summed E-state index contributed by atoms with van der Waals surface area (Å²) in [5.74, 6) is 1.12. The van der Waals surface area contributed by atoms with Crippen LogP contribution in [0, 0.1) is 11.8 Å². The van der Waals surface area contributed by atoms with Crippen LogP contribution in [0.4, 0.5) is 0 Å². The molecule has 0 radical (unpaired) electrons. The highest BCUT2D eigenvalue weighted by Crippen LogP contribution is 2.18. The third-order valence-electron chi connectivity index (χ3n) is 3.21. The van der Waals surface area contributed by atoms with Gasteiger partial charge in [0.05, 0.1) is 0 Å². The minimum absolute atomic E-state index is 0.185. The van der Waals surface area contributed by atoms with E-state index in [0.717, 1.165) is 24.8 Å². The summed E-state index contributed by atoms with van der Waals surface area (Å²) in [6.07, 6.45) is 2.91. The van der Waals surface area contributed by atoms with Crippen LogP contribution in [0.15, 0.2) is 24.3 Å². The quantitative estimate of drug-likeness (QED) is 0.660. The zero-order chi connectivity index (χ0) is 12.8. The minimum Gasteiger partial charge on any atom is -0.294 e. The first-order chi connectivity index (χ1) is 8.08. The van der Waals surface area contributed by atoms with Gasteiger partial charge in [0, 0.05) is 11.5 Å². The predicted molar refractivity (Wildman–Crippen MR) is 73.4 cm³/mol. The molecular formula is C16H24O. The average molecular weight is 232 g/mol. The smallest absolute Gasteiger partial charge is 0.165 e. The van der Waals surface area contributed by atoms with Crippen molar-refractivity contribution in [2.75, 3.05) is 0 Å². The molecule has 0 aromatic heterocycles. The lowest BCUT2D eigenvalue weighted by molar-refractivity contribution is 0.0913. The minimum atomic E-state index is 0.185. The number of rotatable bonds is 6. The van der Waals surface area contributed by atoms with Crippen molar-refractivity contribution in [1.82, 2.24) is 0 Å². The molecule has 94 valence electrons. The predicted octanol–water partition coefficient (Wildman–Crippen LogP) is 4.50. The third-order valence-corrected chi connectivity index (χ3v) is 3.21. The van der Waals surface area contributed by atoms with E-state index in [1.54, 1.807) is 0 Å². The van der Waals surface area contributed by atoms with Gasteiger partial charge >= 0.3 is 0 Å². The largest absolute Gasteiger partial charge is 0.294 e. The Labute approximate surface area is 105 Å². The van der Waals surface area contributed by atoms with Crippen LogP contribution >= 0.6 is 0 Å². The maximum atomic E-state index is 12.2. The van der Waals surface area contributed by atoms with Gasteiger partial charge in [-0.3, -0.25) is 4.79 Å². The normalized spacial score (nSPS) is 11.2. The molecule has 0 aliphatic heterocycles. The summed E-state index contributed by atoms with van der Waals surface area (Å²) >= 11 is 0. The Kier molecular flexibility index (Phi) is 5.40. The molecule has 1 rings (SSSR count). The van der Waals surface area contributed by atoms with Gasteiger partial charge in [0.25, 0.3) is 0 Å². The first-order valence-corrected chi connectivity index (χ1v) is 6.71. The van der Waals surface area contributed by atoms with Crippen molar-refractivity contribution in [1.29, 1.82) is 0 Å². The number of hydrogen-bond acceptors (Lipinski definition) is 1. The second-order valence-corrected chi connectivity index (χ2v) is 5.18. The van der Waals surface area contributed by atoms with E-state index in [9.17, 15) is 4.79 Å². The molecule has 0 unspecified atom stereocenters. The van der Waals surface area contributed by atoms with E-state index in [-0.39, 0.29) is 5.92 Å². The topological polar surface area (TPSA) is 17.1 Å². The van der Waals surface area contributed by atoms with Gasteiger partial charge in [0.2, 0.25) is 0 Å². The molecule has 0 fully saturated rings. The van der Waals surface area contributed by atoms with Crippen LogP contribution in [-0.2, 0) is 6.42 Å². The fourth-order valence-electron chi connectivity index (χ4n) is 2.22. The Hall–Kier alpha value is -1.11. The van der Waals surface area contributed by atoms with E-state index in [2.05, 4.69) is 39.8 Å². The van der Waals surface area contributed by atoms with Crippen LogP contribution in [0.2, 0.25) is 0 Å². The van der Waals surface area contributed by atoms with E-state index in [1.807, 2.05) is 12.1 Å². The molecule has 17 heavy (non-hydrogen) atoms. The standard InChI is InChI=1S/C16H24O/c1-5-14(6-2)16(17)15-9-7-8-13(11-15)10-12(3)4/h7-9,11-12,14H,5-6,10H2,1-4H3. The molecule has 0 N–H and O–H groups in total. The van der Waals surface area contributed by atoms with Crippen LogP contribution in [0.1, 0.15) is 56.5 Å². The van der Waals surface area contributed by atoms with Crippen molar-refractivity contribution in [2.45, 2.75) is 47.0 Å². The van der Waals surface area contributed by atoms with E-state index in [0.29, 0.717) is 11.7 Å². The molecule has 0 amide bonds. The van der Waals surface area contributed by atoms with Gasteiger partial charge in [-0.2, -0.15) is 0 Å². The molecule has 1 heteroatoms. The van der Waals surface area contributed by atoms with Crippen molar-refractivity contribution >= 4 is 5.78 Å². The number of benzene rings is 1. The number of Topliss-reactive ketones (excluding diaryl/α,β-unsaturated/α-hetero) is 1. The monoisotopic (exact) mass is 232 g/mol. The van der Waals surface area contributed by atoms with Crippen molar-refractivity contribution in [2.24, 2.45) is 11.8 Å². The summed E-state index contributed by atoms with van der Waals surface area (Å²) < 4.78 is 0. The highest BCUT2D eigenvalue weighted by atomic mass is 16.1. The zero-order valence-corrected chi connectivity index (χ0v) is 11.5. The van der Waals surface area contributed by atoms with E-state index in [1.165, 1.54) is 5.56 Å². The Morgan fingerprint density at radius 2 is 1.82 bits per heavy atom. The molecule has 1 aromatic carbocycles. The molecule has 0 spiro atoms. The summed E-state index contributed by atoms with van der Waals surface area (Å²) in [7, 11) is 0. The third kappa shape index (κ3) is 3.99. The van der Waals surface area contributed by atoms with Gasteiger partial charge < -0.3 is 0 Å². The van der Waals surface area contributed by atoms with E-state index in [4.69, 9.17) is 0 Å². The second kappa shape index (κ2) is 6.58. The summed E-state index contributed by atoms with van der Waals surface area (Å²) in [4.78, 5) is 12.2. The summed E-state index contributed by atoms with van der Waals surface area (Å²) in [5.41, 5.74) is 2.16. The first kappa shape index (κ1) is 14.0. The van der Waals surface area contributed by atoms with E-state index < -0.39 is 0 Å². The van der Waals surface area contributed by atoms with Crippen LogP contribution in [-0.4, -0.2) is 5.78 Å². The fraction of sp³-hybridized carbons (Fsp3) is 0.562. The van der Waals surface area contributed by atoms with E-state index >= 15 is 0 Å². The Balaban J connectivity index is 2.87. The molecule has 0 atom stereocenters. The van der Waals surface area contributed by atoms with Gasteiger partial charge in [-0.05, 0) is 36.8 Å². The molecule has 0 aliphatic carbocycles. The second-order valence-electron chi connectivity index (χ2n) is 5.18. The lowest BCUT2D eigenvalue weighted by Crippen LogP contribution is -2.13. The molecule has 0 saturated carbocycles. The Morgan fingerprint density at radius 3 is 2.35 bits per heavy atom. The number of ketones is 1. The van der Waals surface area contributed by atoms with Crippen LogP contribution in [0.5, 0.6) is 0 Å². The SMILES string of the molecule is CCC(CC)C(=O)c1cccc(CC(C)C)c1. The lowest BCUT2D eigenvalue weighted by atomic mass is 9.91. The van der Waals surface area contributed by atoms with Crippen molar-refractivity contribution in [3.05, 3.63) is 35.4 Å². The Bertz CT molecular complexity index is 362. The highest BCUT2D eigenvalue weighted by molar-refractivity contribution is 5.97. The number of carbonyl (C=O) groups is 1. The summed E-state index contributed by atoms with van der Waals surface area (Å²) in [6.45, 7) is 8.58. The summed E-state index contributed by atoms with van der Waals surface area (Å²) in [6, 6.07) is 8.14. The molecule has 0 heterocycles. The maximum Gasteiger partial charge on any atom is 0.165 e. The fourth-order valence-corrected chi connectivity index (χ4v) is 2.22. The van der Waals surface area contributed by atoms with Gasteiger partial charge in [0.1, 0.15) is 0 Å². The van der Waals surface area contributed by atoms with Crippen molar-refractivity contribution < 1.29 is 4.79 Å². The molecule has 1 aromatic rings. The van der Waals surface area contributed by atoms with Crippen LogP contribution < -0.4 is 0 Å². The first-order valence-electron chi connectivity index (χ1n) is 6.71. The zero-order valence-electron chi connectivity index (χ0n) is 11.5. The van der Waals surface area contributed by atoms with Gasteiger partial charge in [-0.1, -0.05) is 45.9 Å².